The molecule has 0 aliphatic carbocycles. The van der Waals surface area contributed by atoms with Gasteiger partial charge in [-0.25, -0.2) is 4.68 Å². The van der Waals surface area contributed by atoms with Crippen molar-refractivity contribution >= 4 is 5.91 Å². The number of hydrogen-bond acceptors (Lipinski definition) is 4. The molecule has 2 heterocycles. The number of rotatable bonds is 5. The number of methoxy groups -OCH3 is 1. The second-order valence-corrected chi connectivity index (χ2v) is 5.89. The molecule has 2 aromatic rings. The molecule has 1 aromatic carbocycles. The van der Waals surface area contributed by atoms with Crippen molar-refractivity contribution < 1.29 is 9.53 Å². The van der Waals surface area contributed by atoms with Gasteiger partial charge in [-0.05, 0) is 18.7 Å². The normalized spacial score (nSPS) is 21.1. The van der Waals surface area contributed by atoms with Gasteiger partial charge in [-0.3, -0.25) is 19.6 Å². The summed E-state index contributed by atoms with van der Waals surface area (Å²) in [6, 6.07) is 10.4. The first kappa shape index (κ1) is 16.5. The molecule has 0 unspecified atom stereocenters. The van der Waals surface area contributed by atoms with Crippen molar-refractivity contribution in [2.75, 3.05) is 26.7 Å². The summed E-state index contributed by atoms with van der Waals surface area (Å²) in [6.07, 6.45) is -0.0446. The van der Waals surface area contributed by atoms with E-state index in [-0.39, 0.29) is 29.3 Å². The Balaban J connectivity index is 1.75. The Kier molecular flexibility index (Phi) is 4.82. The Labute approximate surface area is 140 Å². The van der Waals surface area contributed by atoms with Gasteiger partial charge in [-0.15, -0.1) is 0 Å². The molecule has 7 heteroatoms. The van der Waals surface area contributed by atoms with Crippen molar-refractivity contribution in [1.82, 2.24) is 20.0 Å². The smallest absolute Gasteiger partial charge is 0.271 e. The molecule has 1 aromatic heterocycles. The van der Waals surface area contributed by atoms with E-state index in [0.29, 0.717) is 5.69 Å². The number of aromatic nitrogens is 2. The number of likely N-dealkylation sites (tertiary alicyclic amines) is 1. The molecule has 2 N–H and O–H groups in total. The van der Waals surface area contributed by atoms with E-state index in [4.69, 9.17) is 4.74 Å². The lowest BCUT2D eigenvalue weighted by atomic mass is 10.2. The fraction of sp³-hybridized carbons (Fsp3) is 0.412. The first-order chi connectivity index (χ1) is 11.6. The summed E-state index contributed by atoms with van der Waals surface area (Å²) < 4.78 is 6.81. The van der Waals surface area contributed by atoms with E-state index < -0.39 is 0 Å². The van der Waals surface area contributed by atoms with Gasteiger partial charge in [-0.2, -0.15) is 0 Å². The second kappa shape index (κ2) is 7.02. The van der Waals surface area contributed by atoms with Crippen molar-refractivity contribution in [2.24, 2.45) is 0 Å². The number of ether oxygens (including phenoxy) is 1. The summed E-state index contributed by atoms with van der Waals surface area (Å²) in [6.45, 7) is 4.52. The lowest BCUT2D eigenvalue weighted by Crippen LogP contribution is -2.43. The molecule has 0 bridgehead atoms. The first-order valence-corrected chi connectivity index (χ1v) is 8.06. The highest BCUT2D eigenvalue weighted by Crippen LogP contribution is 2.13. The monoisotopic (exact) mass is 330 g/mol. The van der Waals surface area contributed by atoms with E-state index in [1.54, 1.807) is 19.2 Å². The number of hydrogen-bond donors (Lipinski definition) is 2. The lowest BCUT2D eigenvalue weighted by molar-refractivity contribution is 0.0759. The third kappa shape index (κ3) is 3.27. The fourth-order valence-electron chi connectivity index (χ4n) is 3.01. The highest BCUT2D eigenvalue weighted by atomic mass is 16.5. The molecule has 7 nitrogen and oxygen atoms in total. The Morgan fingerprint density at radius 3 is 2.75 bits per heavy atom. The van der Waals surface area contributed by atoms with Crippen LogP contribution in [-0.4, -0.2) is 59.5 Å². The van der Waals surface area contributed by atoms with E-state index in [1.165, 1.54) is 10.7 Å². The largest absolute Gasteiger partial charge is 0.378 e. The van der Waals surface area contributed by atoms with Gasteiger partial charge in [-0.1, -0.05) is 25.1 Å². The van der Waals surface area contributed by atoms with Gasteiger partial charge in [0.05, 0.1) is 17.8 Å². The minimum Gasteiger partial charge on any atom is -0.378 e. The third-order valence-corrected chi connectivity index (χ3v) is 4.39. The quantitative estimate of drug-likeness (QED) is 0.842. The molecule has 1 aliphatic rings. The Morgan fingerprint density at radius 2 is 2.08 bits per heavy atom. The second-order valence-electron chi connectivity index (χ2n) is 5.89. The third-order valence-electron chi connectivity index (χ3n) is 4.39. The summed E-state index contributed by atoms with van der Waals surface area (Å²) in [4.78, 5) is 26.8. The standard InChI is InChI=1S/C17H22N4O3/c1-3-20-10-14(15(11-20)24-2)18-17(23)13-9-16(22)21(19-13)12-7-5-4-6-8-12/h4-9,14-15,19H,3,10-11H2,1-2H3,(H,18,23)/t14-,15-/m1/s1. The molecule has 2 atom stereocenters. The van der Waals surface area contributed by atoms with Gasteiger partial charge in [0.1, 0.15) is 5.69 Å². The predicted octanol–water partition coefficient (Wildman–Crippen LogP) is 0.614. The summed E-state index contributed by atoms with van der Waals surface area (Å²) in [5, 5.41) is 5.83. The van der Waals surface area contributed by atoms with Crippen molar-refractivity contribution in [1.29, 1.82) is 0 Å². The van der Waals surface area contributed by atoms with Crippen LogP contribution in [0.3, 0.4) is 0 Å². The molecule has 1 fully saturated rings. The molecule has 0 radical (unpaired) electrons. The van der Waals surface area contributed by atoms with Crippen LogP contribution in [0.15, 0.2) is 41.2 Å². The zero-order valence-electron chi connectivity index (χ0n) is 13.9. The van der Waals surface area contributed by atoms with Crippen LogP contribution in [0.1, 0.15) is 17.4 Å². The molecule has 3 rings (SSSR count). The van der Waals surface area contributed by atoms with Crippen molar-refractivity contribution in [3.8, 4) is 5.69 Å². The average Bonchev–Trinajstić information content (AvgIpc) is 3.18. The maximum Gasteiger partial charge on any atom is 0.271 e. The van der Waals surface area contributed by atoms with Crippen LogP contribution >= 0.6 is 0 Å². The van der Waals surface area contributed by atoms with Gasteiger partial charge in [0.2, 0.25) is 0 Å². The number of nitrogens with zero attached hydrogens (tertiary/aromatic N) is 2. The number of amides is 1. The van der Waals surface area contributed by atoms with Crippen LogP contribution in [0.25, 0.3) is 5.69 Å². The highest BCUT2D eigenvalue weighted by Gasteiger charge is 2.33. The zero-order chi connectivity index (χ0) is 17.1. The summed E-state index contributed by atoms with van der Waals surface area (Å²) in [7, 11) is 1.65. The summed E-state index contributed by atoms with van der Waals surface area (Å²) in [5.41, 5.74) is 0.666. The number of H-pyrrole nitrogens is 1. The van der Waals surface area contributed by atoms with Crippen LogP contribution < -0.4 is 10.9 Å². The summed E-state index contributed by atoms with van der Waals surface area (Å²) in [5.74, 6) is -0.299. The zero-order valence-corrected chi connectivity index (χ0v) is 13.9. The molecule has 0 spiro atoms. The van der Waals surface area contributed by atoms with E-state index >= 15 is 0 Å². The minimum absolute atomic E-state index is 0.0446. The van der Waals surface area contributed by atoms with Crippen LogP contribution in [0.5, 0.6) is 0 Å². The number of para-hydroxylation sites is 1. The molecular formula is C17H22N4O3. The van der Waals surface area contributed by atoms with Crippen molar-refractivity contribution in [2.45, 2.75) is 19.1 Å². The summed E-state index contributed by atoms with van der Waals surface area (Å²) >= 11 is 0. The molecule has 24 heavy (non-hydrogen) atoms. The molecule has 1 aliphatic heterocycles. The predicted molar refractivity (Wildman–Crippen MR) is 90.6 cm³/mol. The van der Waals surface area contributed by atoms with Crippen LogP contribution in [0.4, 0.5) is 0 Å². The number of carbonyl (C=O) groups is 1. The molecular weight excluding hydrogens is 308 g/mol. The Morgan fingerprint density at radius 1 is 1.33 bits per heavy atom. The topological polar surface area (TPSA) is 79.4 Å². The maximum atomic E-state index is 12.5. The number of nitrogens with one attached hydrogen (secondary N) is 2. The number of benzene rings is 1. The van der Waals surface area contributed by atoms with Crippen LogP contribution in [0.2, 0.25) is 0 Å². The van der Waals surface area contributed by atoms with Gasteiger partial charge >= 0.3 is 0 Å². The first-order valence-electron chi connectivity index (χ1n) is 8.06. The average molecular weight is 330 g/mol. The molecule has 0 saturated carbocycles. The maximum absolute atomic E-state index is 12.5. The molecule has 1 amide bonds. The van der Waals surface area contributed by atoms with Crippen LogP contribution in [0, 0.1) is 0 Å². The lowest BCUT2D eigenvalue weighted by Gasteiger charge is -2.17. The SMILES string of the molecule is CCN1C[C@@H](NC(=O)c2cc(=O)n(-c3ccccc3)[nH]2)[C@H](OC)C1. The van der Waals surface area contributed by atoms with E-state index in [0.717, 1.165) is 19.6 Å². The van der Waals surface area contributed by atoms with Gasteiger partial charge in [0.25, 0.3) is 11.5 Å². The van der Waals surface area contributed by atoms with E-state index in [1.807, 2.05) is 18.2 Å². The number of aromatic amines is 1. The number of likely N-dealkylation sites (N-methyl/N-ethyl adjacent to an activating group) is 1. The Hall–Kier alpha value is -2.38. The molecule has 128 valence electrons. The fourth-order valence-corrected chi connectivity index (χ4v) is 3.01. The van der Waals surface area contributed by atoms with E-state index in [9.17, 15) is 9.59 Å². The number of carbonyl (C=O) groups excluding carboxylic acids is 1. The Bertz CT molecular complexity index is 753. The highest BCUT2D eigenvalue weighted by molar-refractivity contribution is 5.92. The van der Waals surface area contributed by atoms with Crippen molar-refractivity contribution in [3.05, 3.63) is 52.4 Å². The van der Waals surface area contributed by atoms with Crippen molar-refractivity contribution in [3.63, 3.8) is 0 Å². The van der Waals surface area contributed by atoms with Gasteiger partial charge in [0.15, 0.2) is 0 Å². The van der Waals surface area contributed by atoms with Gasteiger partial charge in [0, 0.05) is 26.3 Å². The van der Waals surface area contributed by atoms with Crippen LogP contribution in [-0.2, 0) is 4.74 Å². The molecule has 1 saturated heterocycles. The minimum atomic E-state index is -0.299. The van der Waals surface area contributed by atoms with Gasteiger partial charge < -0.3 is 10.1 Å². The van der Waals surface area contributed by atoms with E-state index in [2.05, 4.69) is 22.2 Å².